The maximum absolute atomic E-state index is 13.1. The molecule has 7 nitrogen and oxygen atoms in total. The van der Waals surface area contributed by atoms with E-state index >= 15 is 0 Å². The second kappa shape index (κ2) is 12.1. The molecule has 39 heavy (non-hydrogen) atoms. The summed E-state index contributed by atoms with van der Waals surface area (Å²) in [4.78, 5) is 17.9. The van der Waals surface area contributed by atoms with E-state index in [1.807, 2.05) is 36.4 Å². The summed E-state index contributed by atoms with van der Waals surface area (Å²) in [7, 11) is -1.12. The van der Waals surface area contributed by atoms with Gasteiger partial charge < -0.3 is 9.73 Å². The van der Waals surface area contributed by atoms with E-state index in [1.54, 1.807) is 7.05 Å². The molecule has 5 rings (SSSR count). The molecular weight excluding hydrogens is 510 g/mol. The number of fused-ring (bicyclic) bond motifs is 1. The third kappa shape index (κ3) is 6.23. The average molecular weight is 546 g/mol. The van der Waals surface area contributed by atoms with Gasteiger partial charge in [0.2, 0.25) is 16.6 Å². The van der Waals surface area contributed by atoms with E-state index in [9.17, 15) is 13.2 Å². The van der Waals surface area contributed by atoms with E-state index in [0.29, 0.717) is 40.6 Å². The number of carbonyl (C=O) groups is 1. The molecule has 0 atom stereocenters. The van der Waals surface area contributed by atoms with Gasteiger partial charge in [0.1, 0.15) is 5.76 Å². The molecule has 0 unspecified atom stereocenters. The Bertz CT molecular complexity index is 1520. The Balaban J connectivity index is 1.53. The molecule has 1 amide bonds. The predicted molar refractivity (Wildman–Crippen MR) is 154 cm³/mol. The number of hydrogen-bond donors (Lipinski definition) is 2. The summed E-state index contributed by atoms with van der Waals surface area (Å²) in [5, 5.41) is 3.41. The Morgan fingerprint density at radius 2 is 1.77 bits per heavy atom. The number of thiol groups is 1. The number of nitrogens with one attached hydrogen (secondary N) is 1. The molecule has 204 valence electrons. The second-order valence-electron chi connectivity index (χ2n) is 10.2. The van der Waals surface area contributed by atoms with E-state index < -0.39 is 10.9 Å². The number of rotatable bonds is 12. The van der Waals surface area contributed by atoms with Gasteiger partial charge in [0, 0.05) is 19.2 Å². The lowest BCUT2D eigenvalue weighted by Gasteiger charge is -2.17. The maximum Gasteiger partial charge on any atom is 0.255 e. The van der Waals surface area contributed by atoms with Gasteiger partial charge in [-0.1, -0.05) is 74.4 Å². The van der Waals surface area contributed by atoms with E-state index in [1.165, 1.54) is 9.87 Å². The maximum atomic E-state index is 13.1. The molecule has 4 aromatic rings. The standard InChI is InChI=1S/C31H35N3O4S/c1-3-4-8-17-34(39(36)37)20-27-25(23-15-16-23)19-26-28(30(35)32-2)29(38-31(26)33-27)24-13-11-22(12-14-24)18-21-9-6-5-7-10-21/h5-7,9-14,19,23,39H,3-4,8,15-18,20H2,1-2H3,(H,32,35). The summed E-state index contributed by atoms with van der Waals surface area (Å²) in [6.07, 6.45) is 5.68. The quantitative estimate of drug-likeness (QED) is 0.172. The van der Waals surface area contributed by atoms with E-state index in [4.69, 9.17) is 9.40 Å². The first-order valence-electron chi connectivity index (χ1n) is 13.7. The van der Waals surface area contributed by atoms with Crippen LogP contribution in [0.1, 0.15) is 77.7 Å². The normalized spacial score (nSPS) is 13.4. The smallest absolute Gasteiger partial charge is 0.255 e. The van der Waals surface area contributed by atoms with Crippen molar-refractivity contribution in [2.75, 3.05) is 13.6 Å². The topological polar surface area (TPSA) is 92.5 Å². The van der Waals surface area contributed by atoms with Crippen molar-refractivity contribution in [3.05, 3.63) is 88.6 Å². The van der Waals surface area contributed by atoms with Crippen molar-refractivity contribution in [1.82, 2.24) is 14.6 Å². The van der Waals surface area contributed by atoms with Crippen LogP contribution in [0.15, 0.2) is 65.1 Å². The van der Waals surface area contributed by atoms with Gasteiger partial charge in [0.05, 0.1) is 23.2 Å². The fourth-order valence-corrected chi connectivity index (χ4v) is 5.60. The number of pyridine rings is 1. The highest BCUT2D eigenvalue weighted by Crippen LogP contribution is 2.44. The summed E-state index contributed by atoms with van der Waals surface area (Å²) >= 11 is 0. The third-order valence-electron chi connectivity index (χ3n) is 7.32. The Morgan fingerprint density at radius 1 is 1.05 bits per heavy atom. The van der Waals surface area contributed by atoms with E-state index in [0.717, 1.165) is 55.2 Å². The minimum absolute atomic E-state index is 0.212. The zero-order valence-electron chi connectivity index (χ0n) is 22.5. The minimum Gasteiger partial charge on any atom is -0.437 e. The molecular formula is C31H35N3O4S. The second-order valence-corrected chi connectivity index (χ2v) is 11.3. The lowest BCUT2D eigenvalue weighted by atomic mass is 9.99. The van der Waals surface area contributed by atoms with Gasteiger partial charge >= 0.3 is 0 Å². The summed E-state index contributed by atoms with van der Waals surface area (Å²) in [5.41, 5.74) is 5.71. The summed E-state index contributed by atoms with van der Waals surface area (Å²) in [6.45, 7) is 2.78. The van der Waals surface area contributed by atoms with Crippen molar-refractivity contribution < 1.29 is 17.6 Å². The van der Waals surface area contributed by atoms with Gasteiger partial charge in [-0.2, -0.15) is 4.31 Å². The molecule has 8 heteroatoms. The van der Waals surface area contributed by atoms with Gasteiger partial charge in [-0.05, 0) is 54.4 Å². The van der Waals surface area contributed by atoms with E-state index in [2.05, 4.69) is 36.5 Å². The number of amides is 1. The molecule has 0 bridgehead atoms. The molecule has 0 spiro atoms. The zero-order chi connectivity index (χ0) is 27.4. The van der Waals surface area contributed by atoms with Crippen molar-refractivity contribution in [2.24, 2.45) is 0 Å². The van der Waals surface area contributed by atoms with Crippen molar-refractivity contribution in [3.8, 4) is 11.3 Å². The number of nitrogens with zero attached hydrogens (tertiary/aromatic N) is 2. The molecule has 2 aromatic carbocycles. The lowest BCUT2D eigenvalue weighted by molar-refractivity contribution is 0.0964. The number of unbranched alkanes of at least 4 members (excludes halogenated alkanes) is 2. The van der Waals surface area contributed by atoms with Crippen LogP contribution in [-0.4, -0.2) is 37.2 Å². The molecule has 1 fully saturated rings. The first-order chi connectivity index (χ1) is 19.0. The minimum atomic E-state index is -2.73. The largest absolute Gasteiger partial charge is 0.437 e. The highest BCUT2D eigenvalue weighted by molar-refractivity contribution is 7.69. The molecule has 0 saturated heterocycles. The van der Waals surface area contributed by atoms with Crippen LogP contribution in [0.5, 0.6) is 0 Å². The van der Waals surface area contributed by atoms with Crippen LogP contribution < -0.4 is 5.32 Å². The van der Waals surface area contributed by atoms with Crippen LogP contribution in [0.25, 0.3) is 22.4 Å². The molecule has 1 saturated carbocycles. The van der Waals surface area contributed by atoms with Crippen molar-refractivity contribution >= 4 is 27.9 Å². The molecule has 0 radical (unpaired) electrons. The summed E-state index contributed by atoms with van der Waals surface area (Å²) in [5.74, 6) is 0.557. The number of aromatic nitrogens is 1. The summed E-state index contributed by atoms with van der Waals surface area (Å²) in [6, 6.07) is 20.3. The van der Waals surface area contributed by atoms with Crippen molar-refractivity contribution in [3.63, 3.8) is 0 Å². The predicted octanol–water partition coefficient (Wildman–Crippen LogP) is 5.84. The fourth-order valence-electron chi connectivity index (χ4n) is 5.04. The van der Waals surface area contributed by atoms with Crippen LogP contribution in [0, 0.1) is 0 Å². The van der Waals surface area contributed by atoms with Gasteiger partial charge in [-0.25, -0.2) is 13.4 Å². The van der Waals surface area contributed by atoms with Crippen LogP contribution >= 0.6 is 0 Å². The highest BCUT2D eigenvalue weighted by Gasteiger charge is 2.31. The Kier molecular flexibility index (Phi) is 8.43. The lowest BCUT2D eigenvalue weighted by Crippen LogP contribution is -2.24. The molecule has 2 aromatic heterocycles. The van der Waals surface area contributed by atoms with Gasteiger partial charge in [0.15, 0.2) is 0 Å². The van der Waals surface area contributed by atoms with E-state index in [-0.39, 0.29) is 12.5 Å². The Morgan fingerprint density at radius 3 is 2.41 bits per heavy atom. The Hall–Kier alpha value is -3.49. The molecule has 2 heterocycles. The van der Waals surface area contributed by atoms with Crippen molar-refractivity contribution in [1.29, 1.82) is 0 Å². The fraction of sp³-hybridized carbons (Fsp3) is 0.355. The average Bonchev–Trinajstić information content (AvgIpc) is 3.73. The molecule has 1 aliphatic rings. The SMILES string of the molecule is CCCCCN(Cc1nc2oc(-c3ccc(Cc4ccccc4)cc3)c(C(=O)NC)c2cc1C1CC1)[SH](=O)=O. The van der Waals surface area contributed by atoms with Crippen LogP contribution in [0.2, 0.25) is 0 Å². The van der Waals surface area contributed by atoms with Gasteiger partial charge in [-0.15, -0.1) is 0 Å². The third-order valence-corrected chi connectivity index (χ3v) is 8.12. The summed E-state index contributed by atoms with van der Waals surface area (Å²) < 4.78 is 31.8. The van der Waals surface area contributed by atoms with Crippen LogP contribution in [-0.2, 0) is 23.9 Å². The van der Waals surface area contributed by atoms with Gasteiger partial charge in [-0.3, -0.25) is 4.79 Å². The molecule has 1 aliphatic carbocycles. The van der Waals surface area contributed by atoms with Gasteiger partial charge in [0.25, 0.3) is 5.91 Å². The molecule has 1 N–H and O–H groups in total. The number of furan rings is 1. The highest BCUT2D eigenvalue weighted by atomic mass is 32.2. The number of benzene rings is 2. The molecule has 0 aliphatic heterocycles. The monoisotopic (exact) mass is 545 g/mol. The Labute approximate surface area is 231 Å². The zero-order valence-corrected chi connectivity index (χ0v) is 23.4. The van der Waals surface area contributed by atoms with Crippen LogP contribution in [0.4, 0.5) is 0 Å². The number of hydrogen-bond acceptors (Lipinski definition) is 5. The van der Waals surface area contributed by atoms with Crippen LogP contribution in [0.3, 0.4) is 0 Å². The van der Waals surface area contributed by atoms with Crippen molar-refractivity contribution in [2.45, 2.75) is 57.9 Å². The first-order valence-corrected chi connectivity index (χ1v) is 14.8. The first kappa shape index (κ1) is 27.1. The number of carbonyl (C=O) groups excluding carboxylic acids is 1.